The second-order valence-electron chi connectivity index (χ2n) is 6.05. The smallest absolute Gasteiger partial charge is 0.191 e. The Balaban J connectivity index is 1.55. The van der Waals surface area contributed by atoms with E-state index in [1.54, 1.807) is 6.26 Å². The molecule has 1 saturated heterocycles. The molecule has 1 aliphatic heterocycles. The fourth-order valence-corrected chi connectivity index (χ4v) is 2.92. The molecule has 116 valence electrons. The first-order valence-electron chi connectivity index (χ1n) is 8.09. The van der Waals surface area contributed by atoms with Gasteiger partial charge in [0.25, 0.3) is 0 Å². The lowest BCUT2D eigenvalue weighted by Gasteiger charge is -2.26. The predicted octanol–water partition coefficient (Wildman–Crippen LogP) is 1.99. The summed E-state index contributed by atoms with van der Waals surface area (Å²) in [6.07, 6.45) is 7.04. The molecule has 1 saturated carbocycles. The third kappa shape index (κ3) is 4.00. The van der Waals surface area contributed by atoms with E-state index in [4.69, 9.17) is 4.42 Å². The monoisotopic (exact) mass is 290 g/mol. The van der Waals surface area contributed by atoms with E-state index in [9.17, 15) is 0 Å². The summed E-state index contributed by atoms with van der Waals surface area (Å²) < 4.78 is 5.64. The van der Waals surface area contributed by atoms with Gasteiger partial charge in [0.15, 0.2) is 5.96 Å². The van der Waals surface area contributed by atoms with Crippen molar-refractivity contribution in [3.05, 3.63) is 24.2 Å². The van der Waals surface area contributed by atoms with Crippen LogP contribution < -0.4 is 10.6 Å². The third-order valence-corrected chi connectivity index (χ3v) is 4.39. The Morgan fingerprint density at radius 3 is 2.81 bits per heavy atom. The highest BCUT2D eigenvalue weighted by Crippen LogP contribution is 2.27. The standard InChI is InChI=1S/C16H26N4O/c1-17-16(18-11-13-6-7-13)19-12-14(15-5-4-10-21-15)20-8-2-3-9-20/h4-5,10,13-14H,2-3,6-9,11-12H2,1H3,(H2,17,18,19). The molecule has 0 spiro atoms. The average Bonchev–Trinajstić information content (AvgIpc) is 2.97. The second-order valence-corrected chi connectivity index (χ2v) is 6.05. The zero-order valence-electron chi connectivity index (χ0n) is 12.8. The van der Waals surface area contributed by atoms with Gasteiger partial charge in [-0.3, -0.25) is 9.89 Å². The minimum absolute atomic E-state index is 0.293. The second kappa shape index (κ2) is 6.98. The molecule has 0 bridgehead atoms. The maximum absolute atomic E-state index is 5.64. The first-order chi connectivity index (χ1) is 10.4. The Labute approximate surface area is 126 Å². The van der Waals surface area contributed by atoms with Crippen molar-refractivity contribution in [1.82, 2.24) is 15.5 Å². The first-order valence-corrected chi connectivity index (χ1v) is 8.09. The van der Waals surface area contributed by atoms with Gasteiger partial charge in [-0.05, 0) is 56.8 Å². The summed E-state index contributed by atoms with van der Waals surface area (Å²) in [5, 5.41) is 6.87. The van der Waals surface area contributed by atoms with Crippen LogP contribution in [0.3, 0.4) is 0 Å². The van der Waals surface area contributed by atoms with Crippen molar-refractivity contribution in [1.29, 1.82) is 0 Å². The summed E-state index contributed by atoms with van der Waals surface area (Å²) in [6.45, 7) is 4.18. The first kappa shape index (κ1) is 14.4. The number of guanidine groups is 1. The molecule has 3 rings (SSSR count). The van der Waals surface area contributed by atoms with Crippen LogP contribution in [0.15, 0.2) is 27.8 Å². The lowest BCUT2D eigenvalue weighted by Crippen LogP contribution is -2.43. The Morgan fingerprint density at radius 2 is 2.19 bits per heavy atom. The number of nitrogens with zero attached hydrogens (tertiary/aromatic N) is 2. The number of furan rings is 1. The van der Waals surface area contributed by atoms with E-state index in [1.165, 1.54) is 25.7 Å². The van der Waals surface area contributed by atoms with Crippen molar-refractivity contribution >= 4 is 5.96 Å². The summed E-state index contributed by atoms with van der Waals surface area (Å²) >= 11 is 0. The SMILES string of the molecule is CN=C(NCC1CC1)NCC(c1ccco1)N1CCCC1. The molecule has 1 unspecified atom stereocenters. The minimum atomic E-state index is 0.293. The topological polar surface area (TPSA) is 52.8 Å². The highest BCUT2D eigenvalue weighted by atomic mass is 16.3. The molecule has 2 fully saturated rings. The Hall–Kier alpha value is -1.49. The number of nitrogens with one attached hydrogen (secondary N) is 2. The van der Waals surface area contributed by atoms with Crippen LogP contribution in [0, 0.1) is 5.92 Å². The zero-order valence-corrected chi connectivity index (χ0v) is 12.8. The summed E-state index contributed by atoms with van der Waals surface area (Å²) in [5.41, 5.74) is 0. The fourth-order valence-electron chi connectivity index (χ4n) is 2.92. The average molecular weight is 290 g/mol. The van der Waals surface area contributed by atoms with E-state index in [1.807, 2.05) is 13.1 Å². The highest BCUT2D eigenvalue weighted by molar-refractivity contribution is 5.79. The van der Waals surface area contributed by atoms with Gasteiger partial charge in [-0.25, -0.2) is 0 Å². The van der Waals surface area contributed by atoms with Crippen LogP contribution in [-0.2, 0) is 0 Å². The van der Waals surface area contributed by atoms with Gasteiger partial charge in [0, 0.05) is 20.1 Å². The minimum Gasteiger partial charge on any atom is -0.468 e. The van der Waals surface area contributed by atoms with Crippen molar-refractivity contribution in [2.24, 2.45) is 10.9 Å². The van der Waals surface area contributed by atoms with Crippen molar-refractivity contribution in [3.8, 4) is 0 Å². The fraction of sp³-hybridized carbons (Fsp3) is 0.688. The van der Waals surface area contributed by atoms with Crippen LogP contribution in [0.2, 0.25) is 0 Å². The van der Waals surface area contributed by atoms with E-state index in [2.05, 4.69) is 26.6 Å². The summed E-state index contributed by atoms with van der Waals surface area (Å²) in [7, 11) is 1.83. The molecule has 0 amide bonds. The van der Waals surface area contributed by atoms with Gasteiger partial charge in [-0.2, -0.15) is 0 Å². The van der Waals surface area contributed by atoms with Crippen molar-refractivity contribution in [3.63, 3.8) is 0 Å². The van der Waals surface area contributed by atoms with E-state index < -0.39 is 0 Å². The zero-order chi connectivity index (χ0) is 14.5. The molecule has 0 aromatic carbocycles. The van der Waals surface area contributed by atoms with Crippen LogP contribution in [0.5, 0.6) is 0 Å². The maximum atomic E-state index is 5.64. The molecule has 1 atom stereocenters. The molecule has 2 N–H and O–H groups in total. The Bertz CT molecular complexity index is 447. The normalized spacial score (nSPS) is 21.5. The van der Waals surface area contributed by atoms with Gasteiger partial charge in [0.1, 0.15) is 5.76 Å². The van der Waals surface area contributed by atoms with Crippen molar-refractivity contribution in [2.75, 3.05) is 33.2 Å². The molecule has 1 aromatic rings. The molecule has 2 heterocycles. The van der Waals surface area contributed by atoms with Crippen LogP contribution in [0.1, 0.15) is 37.5 Å². The maximum Gasteiger partial charge on any atom is 0.191 e. The van der Waals surface area contributed by atoms with Gasteiger partial charge >= 0.3 is 0 Å². The lowest BCUT2D eigenvalue weighted by molar-refractivity contribution is 0.215. The number of rotatable bonds is 6. The van der Waals surface area contributed by atoms with Gasteiger partial charge in [0.05, 0.1) is 12.3 Å². The molecule has 21 heavy (non-hydrogen) atoms. The van der Waals surface area contributed by atoms with E-state index in [0.717, 1.165) is 43.8 Å². The van der Waals surface area contributed by atoms with E-state index in [0.29, 0.717) is 6.04 Å². The van der Waals surface area contributed by atoms with Gasteiger partial charge in [-0.1, -0.05) is 0 Å². The molecule has 1 aliphatic carbocycles. The molecule has 2 aliphatic rings. The van der Waals surface area contributed by atoms with Gasteiger partial charge in [0.2, 0.25) is 0 Å². The quantitative estimate of drug-likeness (QED) is 0.621. The summed E-state index contributed by atoms with van der Waals surface area (Å²) in [5.74, 6) is 2.79. The molecule has 5 nitrogen and oxygen atoms in total. The number of hydrogen-bond donors (Lipinski definition) is 2. The number of aliphatic imine (C=N–C) groups is 1. The predicted molar refractivity (Wildman–Crippen MR) is 84.3 cm³/mol. The Morgan fingerprint density at radius 1 is 1.38 bits per heavy atom. The largest absolute Gasteiger partial charge is 0.468 e. The highest BCUT2D eigenvalue weighted by Gasteiger charge is 2.26. The van der Waals surface area contributed by atoms with E-state index in [-0.39, 0.29) is 0 Å². The molecular formula is C16H26N4O. The molecule has 5 heteroatoms. The number of likely N-dealkylation sites (tertiary alicyclic amines) is 1. The molecular weight excluding hydrogens is 264 g/mol. The number of hydrogen-bond acceptors (Lipinski definition) is 3. The van der Waals surface area contributed by atoms with Crippen LogP contribution in [-0.4, -0.2) is 44.1 Å². The summed E-state index contributed by atoms with van der Waals surface area (Å²) in [4.78, 5) is 6.81. The Kier molecular flexibility index (Phi) is 4.80. The van der Waals surface area contributed by atoms with Gasteiger partial charge in [-0.15, -0.1) is 0 Å². The van der Waals surface area contributed by atoms with Gasteiger partial charge < -0.3 is 15.1 Å². The third-order valence-electron chi connectivity index (χ3n) is 4.39. The molecule has 0 radical (unpaired) electrons. The van der Waals surface area contributed by atoms with Crippen LogP contribution in [0.4, 0.5) is 0 Å². The summed E-state index contributed by atoms with van der Waals surface area (Å²) in [6, 6.07) is 4.34. The van der Waals surface area contributed by atoms with Crippen molar-refractivity contribution < 1.29 is 4.42 Å². The van der Waals surface area contributed by atoms with Crippen molar-refractivity contribution in [2.45, 2.75) is 31.7 Å². The van der Waals surface area contributed by atoms with E-state index >= 15 is 0 Å². The molecule has 1 aromatic heterocycles. The lowest BCUT2D eigenvalue weighted by atomic mass is 10.2. The van der Waals surface area contributed by atoms with Crippen LogP contribution in [0.25, 0.3) is 0 Å². The van der Waals surface area contributed by atoms with Crippen LogP contribution >= 0.6 is 0 Å².